The molecule has 0 amide bonds. The van der Waals surface area contributed by atoms with Gasteiger partial charge in [-0.2, -0.15) is 11.8 Å². The van der Waals surface area contributed by atoms with Crippen molar-refractivity contribution < 1.29 is 0 Å². The lowest BCUT2D eigenvalue weighted by Crippen LogP contribution is -2.61. The van der Waals surface area contributed by atoms with Gasteiger partial charge in [-0.1, -0.05) is 27.2 Å². The highest BCUT2D eigenvalue weighted by Gasteiger charge is 2.35. The predicted octanol–water partition coefficient (Wildman–Crippen LogP) is 3.76. The third-order valence-electron chi connectivity index (χ3n) is 5.74. The van der Waals surface area contributed by atoms with Crippen molar-refractivity contribution in [1.82, 2.24) is 10.2 Å². The highest BCUT2D eigenvalue weighted by molar-refractivity contribution is 7.99. The van der Waals surface area contributed by atoms with Gasteiger partial charge in [0.1, 0.15) is 0 Å². The molecule has 2 nitrogen and oxygen atoms in total. The summed E-state index contributed by atoms with van der Waals surface area (Å²) in [6.45, 7) is 9.57. The molecule has 3 unspecified atom stereocenters. The fourth-order valence-electron chi connectivity index (χ4n) is 3.95. The van der Waals surface area contributed by atoms with Gasteiger partial charge in [-0.05, 0) is 44.3 Å². The summed E-state index contributed by atoms with van der Waals surface area (Å²) in [5, 5.41) is 4.74. The quantitative estimate of drug-likeness (QED) is 0.832. The number of piperazine rings is 1. The van der Waals surface area contributed by atoms with E-state index in [1.807, 2.05) is 0 Å². The van der Waals surface area contributed by atoms with E-state index in [0.717, 1.165) is 23.3 Å². The van der Waals surface area contributed by atoms with Crippen molar-refractivity contribution in [2.45, 2.75) is 82.7 Å². The van der Waals surface area contributed by atoms with Gasteiger partial charge in [0.25, 0.3) is 0 Å². The van der Waals surface area contributed by atoms with Crippen LogP contribution in [-0.4, -0.2) is 47.6 Å². The molecule has 1 aliphatic carbocycles. The molecule has 2 aliphatic rings. The highest BCUT2D eigenvalue weighted by atomic mass is 32.2. The van der Waals surface area contributed by atoms with Crippen LogP contribution in [-0.2, 0) is 0 Å². The first kappa shape index (κ1) is 16.6. The number of nitrogens with one attached hydrogen (secondary N) is 1. The Balaban J connectivity index is 1.95. The van der Waals surface area contributed by atoms with Gasteiger partial charge in [0.05, 0.1) is 0 Å². The molecule has 0 aromatic rings. The Labute approximate surface area is 130 Å². The lowest BCUT2D eigenvalue weighted by molar-refractivity contribution is 0.0482. The molecule has 0 bridgehead atoms. The van der Waals surface area contributed by atoms with Gasteiger partial charge in [0, 0.05) is 36.5 Å². The minimum atomic E-state index is 0.709. The summed E-state index contributed by atoms with van der Waals surface area (Å²) in [5.41, 5.74) is 0. The van der Waals surface area contributed by atoms with Crippen LogP contribution in [0.2, 0.25) is 0 Å². The minimum absolute atomic E-state index is 0.709. The maximum Gasteiger partial charge on any atom is 0.0221 e. The van der Waals surface area contributed by atoms with Crippen LogP contribution in [0.3, 0.4) is 0 Å². The topological polar surface area (TPSA) is 15.3 Å². The second-order valence-corrected chi connectivity index (χ2v) is 7.96. The normalized spacial score (nSPS) is 37.8. The van der Waals surface area contributed by atoms with E-state index in [1.165, 1.54) is 51.6 Å². The van der Waals surface area contributed by atoms with Crippen LogP contribution in [0.15, 0.2) is 0 Å². The zero-order chi connectivity index (χ0) is 14.5. The Morgan fingerprint density at radius 1 is 1.20 bits per heavy atom. The molecular weight excluding hydrogens is 264 g/mol. The molecule has 2 fully saturated rings. The van der Waals surface area contributed by atoms with Crippen LogP contribution >= 0.6 is 11.8 Å². The van der Waals surface area contributed by atoms with Crippen LogP contribution < -0.4 is 5.32 Å². The molecule has 3 heteroatoms. The van der Waals surface area contributed by atoms with E-state index in [1.54, 1.807) is 0 Å². The molecule has 1 aliphatic heterocycles. The Hall–Kier alpha value is 0.270. The molecule has 118 valence electrons. The van der Waals surface area contributed by atoms with Gasteiger partial charge in [-0.15, -0.1) is 0 Å². The molecule has 1 saturated carbocycles. The minimum Gasteiger partial charge on any atom is -0.311 e. The second-order valence-electron chi connectivity index (χ2n) is 6.83. The standard InChI is InChI=1S/C17H34N2S/c1-5-13(3)17-12-19(14(6-2)11-18-17)15-7-9-16(20-4)10-8-15/h13-18H,5-12H2,1-4H3. The largest absolute Gasteiger partial charge is 0.311 e. The Morgan fingerprint density at radius 2 is 1.90 bits per heavy atom. The SMILES string of the molecule is CCC(C)C1CN(C2CCC(SC)CC2)C(CC)CN1. The van der Waals surface area contributed by atoms with Crippen LogP contribution in [0, 0.1) is 5.92 Å². The maximum absolute atomic E-state index is 3.81. The molecule has 1 saturated heterocycles. The van der Waals surface area contributed by atoms with Crippen LogP contribution in [0.1, 0.15) is 59.3 Å². The van der Waals surface area contributed by atoms with E-state index < -0.39 is 0 Å². The summed E-state index contributed by atoms with van der Waals surface area (Å²) in [6, 6.07) is 2.34. The highest BCUT2D eigenvalue weighted by Crippen LogP contribution is 2.32. The molecule has 0 aromatic heterocycles. The average molecular weight is 299 g/mol. The van der Waals surface area contributed by atoms with Crippen molar-refractivity contribution in [3.05, 3.63) is 0 Å². The van der Waals surface area contributed by atoms with Gasteiger partial charge in [0.2, 0.25) is 0 Å². The first-order valence-corrected chi connectivity index (χ1v) is 10.00. The molecule has 0 spiro atoms. The van der Waals surface area contributed by atoms with Gasteiger partial charge in [-0.3, -0.25) is 4.90 Å². The predicted molar refractivity (Wildman–Crippen MR) is 91.6 cm³/mol. The molecular formula is C17H34N2S. The van der Waals surface area contributed by atoms with E-state index in [4.69, 9.17) is 0 Å². The Kier molecular flexibility index (Phi) is 6.70. The van der Waals surface area contributed by atoms with Crippen LogP contribution in [0.25, 0.3) is 0 Å². The summed E-state index contributed by atoms with van der Waals surface area (Å²) in [7, 11) is 0. The number of thioether (sulfide) groups is 1. The van der Waals surface area contributed by atoms with Crippen LogP contribution in [0.4, 0.5) is 0 Å². The summed E-state index contributed by atoms with van der Waals surface area (Å²) >= 11 is 2.08. The maximum atomic E-state index is 3.81. The van der Waals surface area contributed by atoms with Crippen molar-refractivity contribution in [2.75, 3.05) is 19.3 Å². The number of hydrogen-bond donors (Lipinski definition) is 1. The van der Waals surface area contributed by atoms with E-state index in [0.29, 0.717) is 6.04 Å². The van der Waals surface area contributed by atoms with Gasteiger partial charge in [-0.25, -0.2) is 0 Å². The smallest absolute Gasteiger partial charge is 0.0221 e. The van der Waals surface area contributed by atoms with E-state index >= 15 is 0 Å². The summed E-state index contributed by atoms with van der Waals surface area (Å²) < 4.78 is 0. The number of nitrogens with zero attached hydrogens (tertiary/aromatic N) is 1. The van der Waals surface area contributed by atoms with Gasteiger partial charge >= 0.3 is 0 Å². The van der Waals surface area contributed by atoms with E-state index in [2.05, 4.69) is 49.0 Å². The zero-order valence-corrected chi connectivity index (χ0v) is 14.7. The molecule has 20 heavy (non-hydrogen) atoms. The third-order valence-corrected chi connectivity index (χ3v) is 6.88. The first-order chi connectivity index (χ1) is 9.69. The third kappa shape index (κ3) is 3.92. The lowest BCUT2D eigenvalue weighted by Gasteiger charge is -2.47. The van der Waals surface area contributed by atoms with Crippen molar-refractivity contribution in [1.29, 1.82) is 0 Å². The fourth-order valence-corrected chi connectivity index (χ4v) is 4.69. The summed E-state index contributed by atoms with van der Waals surface area (Å²) in [5.74, 6) is 0.804. The van der Waals surface area contributed by atoms with Crippen molar-refractivity contribution in [2.24, 2.45) is 5.92 Å². The summed E-state index contributed by atoms with van der Waals surface area (Å²) in [4.78, 5) is 2.88. The lowest BCUT2D eigenvalue weighted by atomic mass is 9.88. The molecule has 0 radical (unpaired) electrons. The number of rotatable bonds is 5. The van der Waals surface area contributed by atoms with E-state index in [9.17, 15) is 0 Å². The van der Waals surface area contributed by atoms with Gasteiger partial charge < -0.3 is 5.32 Å². The molecule has 2 rings (SSSR count). The average Bonchev–Trinajstić information content (AvgIpc) is 2.53. The second kappa shape index (κ2) is 8.05. The molecule has 1 heterocycles. The van der Waals surface area contributed by atoms with Crippen LogP contribution in [0.5, 0.6) is 0 Å². The molecule has 1 N–H and O–H groups in total. The van der Waals surface area contributed by atoms with Crippen molar-refractivity contribution in [3.63, 3.8) is 0 Å². The van der Waals surface area contributed by atoms with E-state index in [-0.39, 0.29) is 0 Å². The van der Waals surface area contributed by atoms with Gasteiger partial charge in [0.15, 0.2) is 0 Å². The first-order valence-electron chi connectivity index (χ1n) is 8.71. The van der Waals surface area contributed by atoms with Crippen molar-refractivity contribution in [3.8, 4) is 0 Å². The Morgan fingerprint density at radius 3 is 2.45 bits per heavy atom. The molecule has 0 aromatic carbocycles. The monoisotopic (exact) mass is 298 g/mol. The summed E-state index contributed by atoms with van der Waals surface area (Å²) in [6.07, 6.45) is 10.6. The van der Waals surface area contributed by atoms with Crippen molar-refractivity contribution >= 4 is 11.8 Å². The Bertz CT molecular complexity index is 276. The fraction of sp³-hybridized carbons (Fsp3) is 1.00. The molecule has 3 atom stereocenters. The zero-order valence-electron chi connectivity index (χ0n) is 13.9. The number of hydrogen-bond acceptors (Lipinski definition) is 3.